The monoisotopic (exact) mass is 408 g/mol. The second kappa shape index (κ2) is 7.30. The van der Waals surface area contributed by atoms with Crippen molar-refractivity contribution < 1.29 is 4.74 Å². The first-order valence-electron chi connectivity index (χ1n) is 9.13. The molecule has 5 nitrogen and oxygen atoms in total. The zero-order chi connectivity index (χ0) is 18.3. The van der Waals surface area contributed by atoms with Gasteiger partial charge in [-0.1, -0.05) is 37.4 Å². The number of thiophene rings is 1. The van der Waals surface area contributed by atoms with Crippen LogP contribution >= 0.6 is 34.9 Å². The van der Waals surface area contributed by atoms with E-state index in [4.69, 9.17) is 9.72 Å². The second-order valence-electron chi connectivity index (χ2n) is 7.14. The van der Waals surface area contributed by atoms with Crippen molar-refractivity contribution in [2.45, 2.75) is 69.5 Å². The molecule has 0 fully saturated rings. The van der Waals surface area contributed by atoms with E-state index in [0.717, 1.165) is 51.6 Å². The van der Waals surface area contributed by atoms with Gasteiger partial charge >= 0.3 is 0 Å². The Morgan fingerprint density at radius 2 is 1.85 bits per heavy atom. The van der Waals surface area contributed by atoms with Crippen molar-refractivity contribution in [2.24, 2.45) is 0 Å². The van der Waals surface area contributed by atoms with E-state index >= 15 is 0 Å². The quantitative estimate of drug-likeness (QED) is 0.413. The molecule has 0 saturated carbocycles. The SMILES string of the molecule is CCCSc1nnc2c3c4c(sc3nc(SCCC)n12)COC(C)(C)C4. The number of ether oxygens (including phenoxy) is 1. The average Bonchev–Trinajstić information content (AvgIpc) is 3.17. The van der Waals surface area contributed by atoms with Crippen LogP contribution in [0.5, 0.6) is 0 Å². The van der Waals surface area contributed by atoms with Crippen molar-refractivity contribution in [1.29, 1.82) is 0 Å². The Morgan fingerprint density at radius 1 is 1.12 bits per heavy atom. The normalized spacial score (nSPS) is 16.5. The number of rotatable bonds is 6. The maximum atomic E-state index is 6.02. The minimum absolute atomic E-state index is 0.145. The highest BCUT2D eigenvalue weighted by molar-refractivity contribution is 7.99. The van der Waals surface area contributed by atoms with Crippen molar-refractivity contribution in [3.05, 3.63) is 10.4 Å². The Labute approximate surface area is 166 Å². The maximum absolute atomic E-state index is 6.02. The molecule has 0 bridgehead atoms. The maximum Gasteiger partial charge on any atom is 0.197 e. The highest BCUT2D eigenvalue weighted by Gasteiger charge is 2.31. The Balaban J connectivity index is 1.94. The zero-order valence-corrected chi connectivity index (χ0v) is 18.1. The van der Waals surface area contributed by atoms with Gasteiger partial charge in [-0.15, -0.1) is 21.5 Å². The van der Waals surface area contributed by atoms with Gasteiger partial charge < -0.3 is 4.74 Å². The molecule has 0 atom stereocenters. The number of nitrogens with zero attached hydrogens (tertiary/aromatic N) is 4. The van der Waals surface area contributed by atoms with E-state index in [2.05, 4.69) is 42.3 Å². The minimum atomic E-state index is -0.145. The van der Waals surface area contributed by atoms with Gasteiger partial charge in [0, 0.05) is 22.8 Å². The van der Waals surface area contributed by atoms with E-state index in [1.54, 1.807) is 34.9 Å². The van der Waals surface area contributed by atoms with Crippen molar-refractivity contribution in [2.75, 3.05) is 11.5 Å². The van der Waals surface area contributed by atoms with E-state index in [1.165, 1.54) is 15.8 Å². The lowest BCUT2D eigenvalue weighted by molar-refractivity contribution is -0.0379. The summed E-state index contributed by atoms with van der Waals surface area (Å²) in [5.74, 6) is 2.09. The average molecular weight is 409 g/mol. The molecule has 1 aliphatic heterocycles. The first-order chi connectivity index (χ1) is 12.5. The van der Waals surface area contributed by atoms with Gasteiger partial charge in [0.2, 0.25) is 0 Å². The van der Waals surface area contributed by atoms with E-state index in [1.807, 2.05) is 0 Å². The molecule has 0 radical (unpaired) electrons. The third-order valence-corrected chi connectivity index (χ3v) is 7.76. The van der Waals surface area contributed by atoms with Gasteiger partial charge in [-0.3, -0.25) is 0 Å². The molecule has 0 aromatic carbocycles. The molecule has 3 aromatic rings. The Bertz CT molecular complexity index is 947. The third kappa shape index (κ3) is 3.25. The molecule has 3 aromatic heterocycles. The molecule has 0 N–H and O–H groups in total. The number of hydrogen-bond donors (Lipinski definition) is 0. The topological polar surface area (TPSA) is 52.3 Å². The van der Waals surface area contributed by atoms with Gasteiger partial charge in [-0.05, 0) is 32.3 Å². The first-order valence-corrected chi connectivity index (χ1v) is 11.9. The summed E-state index contributed by atoms with van der Waals surface area (Å²) in [6.45, 7) is 9.37. The number of aromatic nitrogens is 4. The Hall–Kier alpha value is -0.830. The van der Waals surface area contributed by atoms with Crippen molar-refractivity contribution in [1.82, 2.24) is 19.6 Å². The summed E-state index contributed by atoms with van der Waals surface area (Å²) in [4.78, 5) is 7.39. The van der Waals surface area contributed by atoms with Gasteiger partial charge in [0.05, 0.1) is 17.6 Å². The molecule has 0 aliphatic carbocycles. The molecule has 26 heavy (non-hydrogen) atoms. The van der Waals surface area contributed by atoms with Crippen LogP contribution in [0.15, 0.2) is 10.3 Å². The molecular weight excluding hydrogens is 384 g/mol. The van der Waals surface area contributed by atoms with Gasteiger partial charge in [0.25, 0.3) is 0 Å². The molecule has 0 amide bonds. The predicted octanol–water partition coefficient (Wildman–Crippen LogP) is 5.19. The van der Waals surface area contributed by atoms with E-state index in [9.17, 15) is 0 Å². The summed E-state index contributed by atoms with van der Waals surface area (Å²) in [7, 11) is 0. The fourth-order valence-electron chi connectivity index (χ4n) is 3.17. The van der Waals surface area contributed by atoms with Gasteiger partial charge in [0.15, 0.2) is 16.0 Å². The Kier molecular flexibility index (Phi) is 5.20. The highest BCUT2D eigenvalue weighted by Crippen LogP contribution is 2.41. The van der Waals surface area contributed by atoms with Crippen molar-refractivity contribution in [3.8, 4) is 0 Å². The summed E-state index contributed by atoms with van der Waals surface area (Å²) >= 11 is 5.32. The summed E-state index contributed by atoms with van der Waals surface area (Å²) in [6.07, 6.45) is 3.13. The van der Waals surface area contributed by atoms with Gasteiger partial charge in [-0.2, -0.15) is 0 Å². The number of hydrogen-bond acceptors (Lipinski definition) is 7. The summed E-state index contributed by atoms with van der Waals surface area (Å²) in [5, 5.41) is 12.3. The van der Waals surface area contributed by atoms with Crippen LogP contribution in [0.3, 0.4) is 0 Å². The molecular formula is C18H24N4OS3. The molecule has 140 valence electrons. The molecule has 8 heteroatoms. The Morgan fingerprint density at radius 3 is 2.58 bits per heavy atom. The van der Waals surface area contributed by atoms with Crippen molar-refractivity contribution >= 4 is 50.7 Å². The van der Waals surface area contributed by atoms with E-state index in [-0.39, 0.29) is 5.60 Å². The van der Waals surface area contributed by atoms with Crippen LogP contribution in [0, 0.1) is 0 Å². The van der Waals surface area contributed by atoms with Gasteiger partial charge in [0.1, 0.15) is 4.83 Å². The lowest BCUT2D eigenvalue weighted by Crippen LogP contribution is -2.31. The summed E-state index contributed by atoms with van der Waals surface area (Å²) < 4.78 is 8.20. The van der Waals surface area contributed by atoms with Crippen LogP contribution in [-0.2, 0) is 17.8 Å². The molecule has 4 rings (SSSR count). The minimum Gasteiger partial charge on any atom is -0.370 e. The fraction of sp³-hybridized carbons (Fsp3) is 0.611. The largest absolute Gasteiger partial charge is 0.370 e. The summed E-state index contributed by atoms with van der Waals surface area (Å²) in [6, 6.07) is 0. The molecule has 1 aliphatic rings. The van der Waals surface area contributed by atoms with Gasteiger partial charge in [-0.25, -0.2) is 9.38 Å². The van der Waals surface area contributed by atoms with Crippen LogP contribution in [-0.4, -0.2) is 36.7 Å². The first kappa shape index (κ1) is 18.5. The number of fused-ring (bicyclic) bond motifs is 5. The predicted molar refractivity (Wildman–Crippen MR) is 111 cm³/mol. The van der Waals surface area contributed by atoms with Crippen LogP contribution in [0.4, 0.5) is 0 Å². The third-order valence-electron chi connectivity index (χ3n) is 4.38. The van der Waals surface area contributed by atoms with Crippen LogP contribution in [0.25, 0.3) is 15.9 Å². The smallest absolute Gasteiger partial charge is 0.197 e. The van der Waals surface area contributed by atoms with E-state index < -0.39 is 0 Å². The lowest BCUT2D eigenvalue weighted by atomic mass is 9.94. The highest BCUT2D eigenvalue weighted by atomic mass is 32.2. The second-order valence-corrected chi connectivity index (χ2v) is 10.3. The lowest BCUT2D eigenvalue weighted by Gasteiger charge is -2.30. The summed E-state index contributed by atoms with van der Waals surface area (Å²) in [5.41, 5.74) is 2.17. The standard InChI is InChI=1S/C18H24N4OS3/c1-5-7-24-16-19-15-13(11-9-18(3,4)23-10-12(11)26-15)14-20-21-17(22(14)16)25-8-6-2/h5-10H2,1-4H3. The molecule has 0 unspecified atom stereocenters. The van der Waals surface area contributed by atoms with Crippen molar-refractivity contribution in [3.63, 3.8) is 0 Å². The molecule has 0 saturated heterocycles. The van der Waals surface area contributed by atoms with Crippen LogP contribution in [0.1, 0.15) is 51.0 Å². The van der Waals surface area contributed by atoms with Crippen LogP contribution in [0.2, 0.25) is 0 Å². The van der Waals surface area contributed by atoms with E-state index in [0.29, 0.717) is 6.61 Å². The fourth-order valence-corrected chi connectivity index (χ4v) is 6.01. The molecule has 0 spiro atoms. The molecule has 4 heterocycles. The number of thioether (sulfide) groups is 2. The van der Waals surface area contributed by atoms with Crippen LogP contribution < -0.4 is 0 Å². The zero-order valence-electron chi connectivity index (χ0n) is 15.7.